The normalized spacial score (nSPS) is 12.5. The number of pyridine rings is 2. The molecule has 0 radical (unpaired) electrons. The smallest absolute Gasteiger partial charge is 0.326 e. The Bertz CT molecular complexity index is 647. The molecule has 0 aliphatic carbocycles. The van der Waals surface area contributed by atoms with Crippen molar-refractivity contribution in [2.45, 2.75) is 13.0 Å². The van der Waals surface area contributed by atoms with Gasteiger partial charge in [-0.15, -0.1) is 0 Å². The van der Waals surface area contributed by atoms with Crippen molar-refractivity contribution in [2.24, 2.45) is 0 Å². The summed E-state index contributed by atoms with van der Waals surface area (Å²) in [6, 6.07) is 1.85. The van der Waals surface area contributed by atoms with Crippen LogP contribution < -0.4 is 5.56 Å². The van der Waals surface area contributed by atoms with Crippen molar-refractivity contribution in [1.82, 2.24) is 9.55 Å². The molecule has 88 valence electrons. The van der Waals surface area contributed by atoms with E-state index < -0.39 is 17.6 Å². The van der Waals surface area contributed by atoms with Gasteiger partial charge in [0, 0.05) is 6.20 Å². The molecule has 6 nitrogen and oxygen atoms in total. The van der Waals surface area contributed by atoms with Gasteiger partial charge in [0.25, 0.3) is 5.56 Å². The summed E-state index contributed by atoms with van der Waals surface area (Å²) >= 11 is 0. The second kappa shape index (κ2) is 3.89. The molecule has 1 unspecified atom stereocenters. The number of aliphatic carboxylic acids is 1. The highest BCUT2D eigenvalue weighted by atomic mass is 16.4. The topological polar surface area (TPSA) is 92.4 Å². The molecule has 0 fully saturated rings. The molecule has 0 bridgehead atoms. The van der Waals surface area contributed by atoms with Crippen LogP contribution in [-0.4, -0.2) is 25.7 Å². The van der Waals surface area contributed by atoms with Gasteiger partial charge in [0.05, 0.1) is 17.1 Å². The molecule has 6 heteroatoms. The first-order chi connectivity index (χ1) is 8.00. The minimum Gasteiger partial charge on any atom is -0.506 e. The third kappa shape index (κ3) is 1.84. The molecule has 2 rings (SSSR count). The number of fused-ring (bicyclic) bond motifs is 1. The lowest BCUT2D eigenvalue weighted by Crippen LogP contribution is -2.27. The van der Waals surface area contributed by atoms with Crippen LogP contribution in [0.5, 0.6) is 5.75 Å². The molecule has 0 saturated heterocycles. The standard InChI is InChI=1S/C11H10N2O4/c1-6(11(16)17)13-3-2-9-8(10(13)15)4-7(14)5-12-9/h2-6,14H,1H3,(H,16,17). The van der Waals surface area contributed by atoms with Crippen molar-refractivity contribution in [3.63, 3.8) is 0 Å². The van der Waals surface area contributed by atoms with Crippen LogP contribution in [0.4, 0.5) is 0 Å². The number of rotatable bonds is 2. The zero-order chi connectivity index (χ0) is 12.6. The Labute approximate surface area is 95.8 Å². The molecule has 0 amide bonds. The number of hydrogen-bond acceptors (Lipinski definition) is 4. The lowest BCUT2D eigenvalue weighted by Gasteiger charge is -2.10. The van der Waals surface area contributed by atoms with Gasteiger partial charge in [-0.1, -0.05) is 0 Å². The number of carboxylic acids is 1. The average molecular weight is 234 g/mol. The molecule has 0 aromatic carbocycles. The maximum absolute atomic E-state index is 12.0. The third-order valence-electron chi connectivity index (χ3n) is 2.54. The highest BCUT2D eigenvalue weighted by Gasteiger charge is 2.15. The van der Waals surface area contributed by atoms with Gasteiger partial charge in [0.1, 0.15) is 11.8 Å². The first kappa shape index (κ1) is 11.1. The minimum atomic E-state index is -1.10. The Hall–Kier alpha value is -2.37. The van der Waals surface area contributed by atoms with Crippen LogP contribution in [0.1, 0.15) is 13.0 Å². The summed E-state index contributed by atoms with van der Waals surface area (Å²) in [5.74, 6) is -1.23. The van der Waals surface area contributed by atoms with Gasteiger partial charge in [0.15, 0.2) is 0 Å². The van der Waals surface area contributed by atoms with Gasteiger partial charge in [-0.2, -0.15) is 0 Å². The second-order valence-corrected chi connectivity index (χ2v) is 3.67. The van der Waals surface area contributed by atoms with E-state index in [-0.39, 0.29) is 11.1 Å². The van der Waals surface area contributed by atoms with Crippen LogP contribution in [-0.2, 0) is 4.79 Å². The van der Waals surface area contributed by atoms with Crippen LogP contribution in [0, 0.1) is 0 Å². The average Bonchev–Trinajstić information content (AvgIpc) is 2.29. The van der Waals surface area contributed by atoms with E-state index in [4.69, 9.17) is 5.11 Å². The largest absolute Gasteiger partial charge is 0.506 e. The molecule has 0 aliphatic heterocycles. The molecular formula is C11H10N2O4. The summed E-state index contributed by atoms with van der Waals surface area (Å²) in [4.78, 5) is 26.7. The van der Waals surface area contributed by atoms with E-state index in [1.165, 1.54) is 31.5 Å². The van der Waals surface area contributed by atoms with Gasteiger partial charge >= 0.3 is 5.97 Å². The van der Waals surface area contributed by atoms with E-state index in [0.717, 1.165) is 4.57 Å². The molecule has 17 heavy (non-hydrogen) atoms. The molecule has 2 aromatic rings. The van der Waals surface area contributed by atoms with Gasteiger partial charge in [-0.05, 0) is 19.1 Å². The van der Waals surface area contributed by atoms with Crippen molar-refractivity contribution in [3.05, 3.63) is 34.9 Å². The lowest BCUT2D eigenvalue weighted by atomic mass is 10.2. The number of carbonyl (C=O) groups is 1. The first-order valence-corrected chi connectivity index (χ1v) is 4.93. The summed E-state index contributed by atoms with van der Waals surface area (Å²) in [5.41, 5.74) is -0.0672. The number of aromatic nitrogens is 2. The Morgan fingerprint density at radius 3 is 2.88 bits per heavy atom. The highest BCUT2D eigenvalue weighted by molar-refractivity contribution is 5.79. The fourth-order valence-corrected chi connectivity index (χ4v) is 1.55. The van der Waals surface area contributed by atoms with E-state index >= 15 is 0 Å². The van der Waals surface area contributed by atoms with E-state index in [9.17, 15) is 14.7 Å². The quantitative estimate of drug-likeness (QED) is 0.799. The first-order valence-electron chi connectivity index (χ1n) is 4.93. The zero-order valence-corrected chi connectivity index (χ0v) is 8.99. The van der Waals surface area contributed by atoms with Crippen molar-refractivity contribution in [3.8, 4) is 5.75 Å². The van der Waals surface area contributed by atoms with Crippen molar-refractivity contribution >= 4 is 16.9 Å². The molecule has 2 N–H and O–H groups in total. The molecule has 0 spiro atoms. The maximum Gasteiger partial charge on any atom is 0.326 e. The Morgan fingerprint density at radius 1 is 1.53 bits per heavy atom. The van der Waals surface area contributed by atoms with Crippen LogP contribution in [0.15, 0.2) is 29.3 Å². The van der Waals surface area contributed by atoms with Crippen molar-refractivity contribution in [2.75, 3.05) is 0 Å². The van der Waals surface area contributed by atoms with Gasteiger partial charge in [-0.25, -0.2) is 4.79 Å². The van der Waals surface area contributed by atoms with E-state index in [1.54, 1.807) is 0 Å². The number of aromatic hydroxyl groups is 1. The van der Waals surface area contributed by atoms with Gasteiger partial charge in [-0.3, -0.25) is 9.78 Å². The molecule has 2 aromatic heterocycles. The van der Waals surface area contributed by atoms with E-state index in [2.05, 4.69) is 4.98 Å². The molecule has 0 aliphatic rings. The second-order valence-electron chi connectivity index (χ2n) is 3.67. The predicted molar refractivity (Wildman–Crippen MR) is 60.0 cm³/mol. The van der Waals surface area contributed by atoms with Crippen LogP contribution >= 0.6 is 0 Å². The molecular weight excluding hydrogens is 224 g/mol. The number of hydrogen-bond donors (Lipinski definition) is 2. The summed E-state index contributed by atoms with van der Waals surface area (Å²) in [6.45, 7) is 1.41. The third-order valence-corrected chi connectivity index (χ3v) is 2.54. The summed E-state index contributed by atoms with van der Waals surface area (Å²) in [7, 11) is 0. The Morgan fingerprint density at radius 2 is 2.24 bits per heavy atom. The fraction of sp³-hybridized carbons (Fsp3) is 0.182. The van der Waals surface area contributed by atoms with Crippen molar-refractivity contribution < 1.29 is 15.0 Å². The zero-order valence-electron chi connectivity index (χ0n) is 8.99. The maximum atomic E-state index is 12.0. The SMILES string of the molecule is CC(C(=O)O)n1ccc2ncc(O)cc2c1=O. The molecule has 2 heterocycles. The minimum absolute atomic E-state index is 0.129. The predicted octanol–water partition coefficient (Wildman–Crippen LogP) is 0.748. The van der Waals surface area contributed by atoms with Crippen LogP contribution in [0.25, 0.3) is 10.9 Å². The number of carboxylic acid groups (broad SMARTS) is 1. The van der Waals surface area contributed by atoms with Gasteiger partial charge < -0.3 is 14.8 Å². The molecule has 0 saturated carbocycles. The molecule has 1 atom stereocenters. The van der Waals surface area contributed by atoms with Crippen LogP contribution in [0.3, 0.4) is 0 Å². The van der Waals surface area contributed by atoms with E-state index in [0.29, 0.717) is 5.52 Å². The monoisotopic (exact) mass is 234 g/mol. The number of nitrogens with zero attached hydrogens (tertiary/aromatic N) is 2. The summed E-state index contributed by atoms with van der Waals surface area (Å²) in [5, 5.41) is 18.3. The summed E-state index contributed by atoms with van der Waals surface area (Å²) < 4.78 is 1.09. The Balaban J connectivity index is 2.73. The highest BCUT2D eigenvalue weighted by Crippen LogP contribution is 2.14. The van der Waals surface area contributed by atoms with Gasteiger partial charge in [0.2, 0.25) is 0 Å². The van der Waals surface area contributed by atoms with E-state index in [1.807, 2.05) is 0 Å². The lowest BCUT2D eigenvalue weighted by molar-refractivity contribution is -0.140. The summed E-state index contributed by atoms with van der Waals surface area (Å²) in [6.07, 6.45) is 2.61. The van der Waals surface area contributed by atoms with Crippen molar-refractivity contribution in [1.29, 1.82) is 0 Å². The fourth-order valence-electron chi connectivity index (χ4n) is 1.55. The Kier molecular flexibility index (Phi) is 2.55. The van der Waals surface area contributed by atoms with Crippen LogP contribution in [0.2, 0.25) is 0 Å².